The number of piperazine rings is 1. The summed E-state index contributed by atoms with van der Waals surface area (Å²) in [5, 5.41) is 4.96. The zero-order chi connectivity index (χ0) is 18.1. The Kier molecular flexibility index (Phi) is 4.98. The molecule has 0 spiro atoms. The SMILES string of the molecule is CN1CCN(C(=O)CN2CCc3onc(-c4ccc(Cl)cc4)c3C2)CC1. The first-order chi connectivity index (χ1) is 12.6. The van der Waals surface area contributed by atoms with E-state index >= 15 is 0 Å². The number of amides is 1. The number of rotatable bonds is 3. The van der Waals surface area contributed by atoms with E-state index in [0.717, 1.165) is 61.7 Å². The Bertz CT molecular complexity index is 781. The summed E-state index contributed by atoms with van der Waals surface area (Å²) in [5.41, 5.74) is 2.94. The minimum Gasteiger partial charge on any atom is -0.360 e. The number of carbonyl (C=O) groups is 1. The summed E-state index contributed by atoms with van der Waals surface area (Å²) < 4.78 is 5.54. The van der Waals surface area contributed by atoms with E-state index in [9.17, 15) is 4.79 Å². The highest BCUT2D eigenvalue weighted by Crippen LogP contribution is 2.30. The standard InChI is InChI=1S/C19H23ClN4O2/c1-22-8-10-24(11-9-22)18(25)13-23-7-6-17-16(12-23)19(21-26-17)14-2-4-15(20)5-3-14/h2-5H,6-13H2,1H3. The van der Waals surface area contributed by atoms with Gasteiger partial charge in [0.2, 0.25) is 5.91 Å². The Morgan fingerprint density at radius 1 is 1.15 bits per heavy atom. The molecule has 2 aliphatic heterocycles. The molecule has 2 aliphatic rings. The van der Waals surface area contributed by atoms with Gasteiger partial charge in [-0.05, 0) is 19.2 Å². The van der Waals surface area contributed by atoms with Crippen molar-refractivity contribution < 1.29 is 9.32 Å². The molecular formula is C19H23ClN4O2. The summed E-state index contributed by atoms with van der Waals surface area (Å²) in [6.45, 7) is 5.49. The summed E-state index contributed by atoms with van der Waals surface area (Å²) in [5.74, 6) is 1.14. The molecule has 0 N–H and O–H groups in total. The minimum absolute atomic E-state index is 0.214. The lowest BCUT2D eigenvalue weighted by Gasteiger charge is -2.34. The number of benzene rings is 1. The van der Waals surface area contributed by atoms with Crippen LogP contribution < -0.4 is 0 Å². The monoisotopic (exact) mass is 374 g/mol. The molecule has 0 unspecified atom stereocenters. The summed E-state index contributed by atoms with van der Waals surface area (Å²) in [4.78, 5) is 19.1. The molecule has 1 aromatic heterocycles. The molecule has 6 nitrogen and oxygen atoms in total. The van der Waals surface area contributed by atoms with Crippen molar-refractivity contribution in [1.82, 2.24) is 19.9 Å². The molecular weight excluding hydrogens is 352 g/mol. The molecule has 138 valence electrons. The topological polar surface area (TPSA) is 52.8 Å². The summed E-state index contributed by atoms with van der Waals surface area (Å²) in [6.07, 6.45) is 0.784. The first-order valence-corrected chi connectivity index (χ1v) is 9.40. The number of fused-ring (bicyclic) bond motifs is 1. The predicted octanol–water partition coefficient (Wildman–Crippen LogP) is 2.13. The number of hydrogen-bond acceptors (Lipinski definition) is 5. The molecule has 0 saturated carbocycles. The number of likely N-dealkylation sites (N-methyl/N-ethyl adjacent to an activating group) is 1. The quantitative estimate of drug-likeness (QED) is 0.823. The van der Waals surface area contributed by atoms with Crippen LogP contribution in [0.4, 0.5) is 0 Å². The molecule has 1 saturated heterocycles. The highest BCUT2D eigenvalue weighted by molar-refractivity contribution is 6.30. The van der Waals surface area contributed by atoms with Crippen LogP contribution in [-0.4, -0.2) is 72.1 Å². The first kappa shape index (κ1) is 17.5. The number of carbonyl (C=O) groups excluding carboxylic acids is 1. The Balaban J connectivity index is 1.45. The number of hydrogen-bond donors (Lipinski definition) is 0. The van der Waals surface area contributed by atoms with Gasteiger partial charge in [-0.2, -0.15) is 0 Å². The van der Waals surface area contributed by atoms with Crippen LogP contribution in [0.2, 0.25) is 5.02 Å². The van der Waals surface area contributed by atoms with Crippen molar-refractivity contribution in [1.29, 1.82) is 0 Å². The van der Waals surface area contributed by atoms with Crippen molar-refractivity contribution in [2.45, 2.75) is 13.0 Å². The van der Waals surface area contributed by atoms with Crippen LogP contribution >= 0.6 is 11.6 Å². The second-order valence-corrected chi connectivity index (χ2v) is 7.52. The van der Waals surface area contributed by atoms with Crippen LogP contribution in [0, 0.1) is 0 Å². The summed E-state index contributed by atoms with van der Waals surface area (Å²) in [7, 11) is 2.10. The van der Waals surface area contributed by atoms with E-state index in [0.29, 0.717) is 18.1 Å². The van der Waals surface area contributed by atoms with E-state index in [4.69, 9.17) is 16.1 Å². The first-order valence-electron chi connectivity index (χ1n) is 9.02. The van der Waals surface area contributed by atoms with E-state index in [-0.39, 0.29) is 5.91 Å². The van der Waals surface area contributed by atoms with Crippen LogP contribution in [0.1, 0.15) is 11.3 Å². The smallest absolute Gasteiger partial charge is 0.236 e. The van der Waals surface area contributed by atoms with Gasteiger partial charge in [0.15, 0.2) is 0 Å². The van der Waals surface area contributed by atoms with Gasteiger partial charge < -0.3 is 14.3 Å². The second kappa shape index (κ2) is 7.39. The molecule has 4 rings (SSSR count). The second-order valence-electron chi connectivity index (χ2n) is 7.08. The lowest BCUT2D eigenvalue weighted by atomic mass is 10.0. The lowest BCUT2D eigenvalue weighted by Crippen LogP contribution is -2.50. The molecule has 1 aromatic carbocycles. The third kappa shape index (κ3) is 3.63. The molecule has 0 aliphatic carbocycles. The van der Waals surface area contributed by atoms with Gasteiger partial charge in [-0.1, -0.05) is 28.9 Å². The summed E-state index contributed by atoms with van der Waals surface area (Å²) in [6, 6.07) is 7.62. The van der Waals surface area contributed by atoms with Crippen LogP contribution in [0.5, 0.6) is 0 Å². The van der Waals surface area contributed by atoms with Crippen molar-refractivity contribution >= 4 is 17.5 Å². The average Bonchev–Trinajstić information content (AvgIpc) is 3.06. The maximum atomic E-state index is 12.6. The molecule has 0 bridgehead atoms. The van der Waals surface area contributed by atoms with Gasteiger partial charge in [0.1, 0.15) is 11.5 Å². The van der Waals surface area contributed by atoms with Crippen molar-refractivity contribution in [2.24, 2.45) is 0 Å². The normalized spacial score (nSPS) is 18.8. The zero-order valence-corrected chi connectivity index (χ0v) is 15.7. The van der Waals surface area contributed by atoms with Gasteiger partial charge in [-0.15, -0.1) is 0 Å². The average molecular weight is 375 g/mol. The third-order valence-electron chi connectivity index (χ3n) is 5.24. The van der Waals surface area contributed by atoms with Gasteiger partial charge in [-0.25, -0.2) is 0 Å². The Labute approximate surface area is 158 Å². The fraction of sp³-hybridized carbons (Fsp3) is 0.474. The van der Waals surface area contributed by atoms with Crippen LogP contribution in [0.15, 0.2) is 28.8 Å². The van der Waals surface area contributed by atoms with Crippen molar-refractivity contribution in [3.8, 4) is 11.3 Å². The molecule has 0 radical (unpaired) electrons. The van der Waals surface area contributed by atoms with E-state index < -0.39 is 0 Å². The maximum absolute atomic E-state index is 12.6. The Morgan fingerprint density at radius 2 is 1.88 bits per heavy atom. The van der Waals surface area contributed by atoms with Gasteiger partial charge in [0.25, 0.3) is 0 Å². The highest BCUT2D eigenvalue weighted by atomic mass is 35.5. The lowest BCUT2D eigenvalue weighted by molar-refractivity contribution is -0.134. The van der Waals surface area contributed by atoms with Crippen LogP contribution in [0.25, 0.3) is 11.3 Å². The molecule has 7 heteroatoms. The Hall–Kier alpha value is -1.89. The maximum Gasteiger partial charge on any atom is 0.236 e. The van der Waals surface area contributed by atoms with Gasteiger partial charge in [0, 0.05) is 61.8 Å². The molecule has 1 amide bonds. The Morgan fingerprint density at radius 3 is 2.62 bits per heavy atom. The predicted molar refractivity (Wildman–Crippen MR) is 100 cm³/mol. The van der Waals surface area contributed by atoms with Crippen molar-refractivity contribution in [2.75, 3.05) is 46.3 Å². The minimum atomic E-state index is 0.214. The summed E-state index contributed by atoms with van der Waals surface area (Å²) >= 11 is 5.98. The van der Waals surface area contributed by atoms with Crippen molar-refractivity contribution in [3.63, 3.8) is 0 Å². The van der Waals surface area contributed by atoms with Crippen LogP contribution in [0.3, 0.4) is 0 Å². The fourth-order valence-electron chi connectivity index (χ4n) is 3.58. The molecule has 3 heterocycles. The van der Waals surface area contributed by atoms with E-state index in [2.05, 4.69) is 22.0 Å². The van der Waals surface area contributed by atoms with Gasteiger partial charge in [0.05, 0.1) is 6.54 Å². The highest BCUT2D eigenvalue weighted by Gasteiger charge is 2.28. The van der Waals surface area contributed by atoms with Gasteiger partial charge in [-0.3, -0.25) is 9.69 Å². The number of halogens is 1. The van der Waals surface area contributed by atoms with Crippen molar-refractivity contribution in [3.05, 3.63) is 40.6 Å². The van der Waals surface area contributed by atoms with Gasteiger partial charge >= 0.3 is 0 Å². The fourth-order valence-corrected chi connectivity index (χ4v) is 3.71. The zero-order valence-electron chi connectivity index (χ0n) is 14.9. The number of nitrogens with zero attached hydrogens (tertiary/aromatic N) is 4. The molecule has 1 fully saturated rings. The van der Waals surface area contributed by atoms with Crippen LogP contribution in [-0.2, 0) is 17.8 Å². The molecule has 0 atom stereocenters. The molecule has 26 heavy (non-hydrogen) atoms. The molecule has 2 aromatic rings. The number of aromatic nitrogens is 1. The third-order valence-corrected chi connectivity index (χ3v) is 5.49. The van der Waals surface area contributed by atoms with E-state index in [1.54, 1.807) is 0 Å². The largest absolute Gasteiger partial charge is 0.360 e. The van der Waals surface area contributed by atoms with E-state index in [1.165, 1.54) is 0 Å². The van der Waals surface area contributed by atoms with E-state index in [1.807, 2.05) is 29.2 Å².